The molecule has 0 aromatic carbocycles. The number of hydrogen-bond acceptors (Lipinski definition) is 6. The van der Waals surface area contributed by atoms with Crippen molar-refractivity contribution in [2.45, 2.75) is 19.4 Å². The van der Waals surface area contributed by atoms with E-state index < -0.39 is 8.80 Å². The normalized spacial score (nSPS) is 10.7. The lowest BCUT2D eigenvalue weighted by molar-refractivity contribution is -0.139. The van der Waals surface area contributed by atoms with Gasteiger partial charge in [0.2, 0.25) is 0 Å². The molecule has 0 saturated carbocycles. The van der Waals surface area contributed by atoms with Crippen LogP contribution < -0.4 is 0 Å². The average Bonchev–Trinajstić information content (AvgIpc) is 2.40. The van der Waals surface area contributed by atoms with Gasteiger partial charge in [0, 0.05) is 32.9 Å². The van der Waals surface area contributed by atoms with E-state index in [0.717, 1.165) is 21.0 Å². The minimum Gasteiger partial charge on any atom is -0.471 e. The zero-order chi connectivity index (χ0) is 15.3. The standard InChI is InChI=1S/C10H20O5Si.H6OSi2/c1-9(2)10(11)15-7-6-8-16(12-3,13-4)14-5;2-1-3/h1,6-8H2,2-5H3;2-3H3. The largest absolute Gasteiger partial charge is 0.500 e. The van der Waals surface area contributed by atoms with Gasteiger partial charge in [-0.25, -0.2) is 4.79 Å². The Bertz CT molecular complexity index is 249. The van der Waals surface area contributed by atoms with E-state index in [1.807, 2.05) is 0 Å². The topological polar surface area (TPSA) is 63.2 Å². The molecule has 0 rings (SSSR count). The molecule has 114 valence electrons. The Morgan fingerprint density at radius 1 is 1.16 bits per heavy atom. The summed E-state index contributed by atoms with van der Waals surface area (Å²) in [6.07, 6.45) is 0.640. The van der Waals surface area contributed by atoms with E-state index in [-0.39, 0.29) is 5.97 Å². The third-order valence-electron chi connectivity index (χ3n) is 2.14. The summed E-state index contributed by atoms with van der Waals surface area (Å²) in [6.45, 7) is 5.42. The second kappa shape index (κ2) is 12.7. The number of carbonyl (C=O) groups is 1. The lowest BCUT2D eigenvalue weighted by Crippen LogP contribution is -2.42. The molecular formula is C10H26O6Si3. The Labute approximate surface area is 122 Å². The molecule has 0 spiro atoms. The van der Waals surface area contributed by atoms with Crippen LogP contribution in [-0.4, -0.2) is 63.7 Å². The SMILES string of the molecule is C=C(C)C(=O)OCCC[Si](OC)(OC)OC.[SiH3]O[SiH3]. The number of hydrogen-bond donors (Lipinski definition) is 0. The van der Waals surface area contributed by atoms with Crippen molar-refractivity contribution in [3.05, 3.63) is 12.2 Å². The molecule has 0 saturated heterocycles. The van der Waals surface area contributed by atoms with Crippen molar-refractivity contribution in [1.82, 2.24) is 0 Å². The van der Waals surface area contributed by atoms with Gasteiger partial charge in [-0.3, -0.25) is 0 Å². The van der Waals surface area contributed by atoms with E-state index >= 15 is 0 Å². The van der Waals surface area contributed by atoms with E-state index in [1.54, 1.807) is 28.3 Å². The van der Waals surface area contributed by atoms with Crippen molar-refractivity contribution in [1.29, 1.82) is 0 Å². The van der Waals surface area contributed by atoms with Gasteiger partial charge in [-0.15, -0.1) is 0 Å². The predicted octanol–water partition coefficient (Wildman–Crippen LogP) is -1.06. The van der Waals surface area contributed by atoms with Crippen molar-refractivity contribution in [2.24, 2.45) is 0 Å². The summed E-state index contributed by atoms with van der Waals surface area (Å²) in [5.41, 5.74) is 0.397. The van der Waals surface area contributed by atoms with Crippen molar-refractivity contribution in [2.75, 3.05) is 27.9 Å². The molecule has 0 heterocycles. The Morgan fingerprint density at radius 2 is 1.58 bits per heavy atom. The number of esters is 1. The van der Waals surface area contributed by atoms with Crippen molar-refractivity contribution in [3.63, 3.8) is 0 Å². The molecule has 0 aliphatic rings. The maximum Gasteiger partial charge on any atom is 0.500 e. The smallest absolute Gasteiger partial charge is 0.471 e. The van der Waals surface area contributed by atoms with E-state index in [0.29, 0.717) is 24.6 Å². The molecule has 0 aliphatic carbocycles. The summed E-state index contributed by atoms with van der Waals surface area (Å²) in [5.74, 6) is -0.375. The van der Waals surface area contributed by atoms with Crippen LogP contribution in [-0.2, 0) is 26.9 Å². The lowest BCUT2D eigenvalue weighted by atomic mass is 10.4. The van der Waals surface area contributed by atoms with Gasteiger partial charge in [0.1, 0.15) is 21.0 Å². The summed E-state index contributed by atoms with van der Waals surface area (Å²) in [4.78, 5) is 11.1. The van der Waals surface area contributed by atoms with Crippen LogP contribution in [0.1, 0.15) is 13.3 Å². The highest BCUT2D eigenvalue weighted by molar-refractivity contribution is 6.60. The highest BCUT2D eigenvalue weighted by Gasteiger charge is 2.36. The molecule has 6 nitrogen and oxygen atoms in total. The Balaban J connectivity index is 0. The van der Waals surface area contributed by atoms with Gasteiger partial charge in [-0.05, 0) is 13.3 Å². The highest BCUT2D eigenvalue weighted by Crippen LogP contribution is 2.14. The first-order chi connectivity index (χ1) is 8.92. The van der Waals surface area contributed by atoms with E-state index in [1.165, 1.54) is 0 Å². The Hall–Kier alpha value is -0.299. The summed E-state index contributed by atoms with van der Waals surface area (Å²) in [6, 6.07) is 0.611. The fourth-order valence-electron chi connectivity index (χ4n) is 1.13. The number of rotatable bonds is 8. The minimum absolute atomic E-state index is 0.316. The van der Waals surface area contributed by atoms with Crippen LogP contribution in [0, 0.1) is 0 Å². The maximum atomic E-state index is 11.1. The lowest BCUT2D eigenvalue weighted by Gasteiger charge is -2.24. The van der Waals surface area contributed by atoms with Crippen LogP contribution in [0.25, 0.3) is 0 Å². The molecule has 0 amide bonds. The second-order valence-corrected chi connectivity index (χ2v) is 10.1. The Morgan fingerprint density at radius 3 is 1.89 bits per heavy atom. The molecule has 0 radical (unpaired) electrons. The first-order valence-corrected chi connectivity index (χ1v) is 9.37. The Kier molecular flexibility index (Phi) is 14.1. The first-order valence-electron chi connectivity index (χ1n) is 5.81. The molecule has 9 heteroatoms. The summed E-state index contributed by atoms with van der Waals surface area (Å²) in [7, 11) is 3.99. The average molecular weight is 327 g/mol. The van der Waals surface area contributed by atoms with E-state index in [4.69, 9.17) is 18.0 Å². The molecule has 0 unspecified atom stereocenters. The van der Waals surface area contributed by atoms with Gasteiger partial charge in [0.05, 0.1) is 6.61 Å². The third-order valence-corrected chi connectivity index (χ3v) is 4.97. The van der Waals surface area contributed by atoms with Gasteiger partial charge < -0.3 is 22.1 Å². The molecule has 0 bridgehead atoms. The van der Waals surface area contributed by atoms with Gasteiger partial charge >= 0.3 is 14.8 Å². The van der Waals surface area contributed by atoms with Gasteiger partial charge in [0.25, 0.3) is 0 Å². The number of ether oxygens (including phenoxy) is 1. The summed E-state index contributed by atoms with van der Waals surface area (Å²) in [5, 5.41) is 0. The van der Waals surface area contributed by atoms with E-state index in [9.17, 15) is 4.79 Å². The second-order valence-electron chi connectivity index (χ2n) is 3.72. The van der Waals surface area contributed by atoms with Gasteiger partial charge in [-0.1, -0.05) is 6.58 Å². The molecule has 0 aliphatic heterocycles. The molecule has 0 fully saturated rings. The van der Waals surface area contributed by atoms with Crippen LogP contribution in [0.15, 0.2) is 12.2 Å². The summed E-state index contributed by atoms with van der Waals surface area (Å²) < 4.78 is 25.2. The van der Waals surface area contributed by atoms with Gasteiger partial charge in [0.15, 0.2) is 0 Å². The van der Waals surface area contributed by atoms with Gasteiger partial charge in [-0.2, -0.15) is 0 Å². The predicted molar refractivity (Wildman–Crippen MR) is 82.9 cm³/mol. The first kappa shape index (κ1) is 21.0. The minimum atomic E-state index is -2.53. The van der Waals surface area contributed by atoms with Crippen molar-refractivity contribution >= 4 is 35.7 Å². The maximum absolute atomic E-state index is 11.1. The zero-order valence-corrected chi connectivity index (χ0v) is 17.8. The molecule has 19 heavy (non-hydrogen) atoms. The quantitative estimate of drug-likeness (QED) is 0.245. The highest BCUT2D eigenvalue weighted by atomic mass is 28.4. The monoisotopic (exact) mass is 326 g/mol. The molecule has 0 aromatic heterocycles. The van der Waals surface area contributed by atoms with E-state index in [2.05, 4.69) is 10.7 Å². The molecule has 0 aromatic rings. The zero-order valence-electron chi connectivity index (χ0n) is 12.8. The van der Waals surface area contributed by atoms with Crippen LogP contribution in [0.2, 0.25) is 6.04 Å². The van der Waals surface area contributed by atoms with Crippen LogP contribution in [0.4, 0.5) is 0 Å². The van der Waals surface area contributed by atoms with Crippen molar-refractivity contribution < 1.29 is 26.9 Å². The molecule has 0 atom stereocenters. The van der Waals surface area contributed by atoms with Crippen LogP contribution >= 0.6 is 0 Å². The van der Waals surface area contributed by atoms with Crippen molar-refractivity contribution in [3.8, 4) is 0 Å². The van der Waals surface area contributed by atoms with Crippen LogP contribution in [0.5, 0.6) is 0 Å². The third kappa shape index (κ3) is 10.2. The molecule has 0 N–H and O–H groups in total. The van der Waals surface area contributed by atoms with Crippen LogP contribution in [0.3, 0.4) is 0 Å². The fraction of sp³-hybridized carbons (Fsp3) is 0.700. The summed E-state index contributed by atoms with van der Waals surface area (Å²) >= 11 is 0. The fourth-order valence-corrected chi connectivity index (χ4v) is 2.82. The number of carbonyl (C=O) groups excluding carboxylic acids is 1. The molecular weight excluding hydrogens is 300 g/mol.